The van der Waals surface area contributed by atoms with Crippen LogP contribution in [-0.2, 0) is 5.54 Å². The first-order chi connectivity index (χ1) is 12.4. The molecule has 5 nitrogen and oxygen atoms in total. The molecule has 0 fully saturated rings. The molecule has 0 aliphatic carbocycles. The van der Waals surface area contributed by atoms with Crippen molar-refractivity contribution in [2.24, 2.45) is 5.92 Å². The highest BCUT2D eigenvalue weighted by molar-refractivity contribution is 8.45. The van der Waals surface area contributed by atoms with E-state index in [0.717, 1.165) is 18.2 Å². The number of aryl methyl sites for hydroxylation is 1. The van der Waals surface area contributed by atoms with Gasteiger partial charge in [0.15, 0.2) is 0 Å². The van der Waals surface area contributed by atoms with Gasteiger partial charge in [0, 0.05) is 6.07 Å². The number of rotatable bonds is 5. The summed E-state index contributed by atoms with van der Waals surface area (Å²) in [6.07, 6.45) is 0. The van der Waals surface area contributed by atoms with E-state index in [0.29, 0.717) is 12.1 Å². The molecule has 1 amide bonds. The first kappa shape index (κ1) is 21.9. The van der Waals surface area contributed by atoms with Crippen LogP contribution in [0.5, 0.6) is 0 Å². The Balaban J connectivity index is 2.44. The van der Waals surface area contributed by atoms with Crippen LogP contribution in [0.4, 0.5) is 19.4 Å². The third-order valence-electron chi connectivity index (χ3n) is 4.52. The number of benzene rings is 1. The number of halogens is 5. The Morgan fingerprint density at radius 2 is 1.68 bits per heavy atom. The van der Waals surface area contributed by atoms with Gasteiger partial charge in [-0.05, 0) is 37.5 Å². The van der Waals surface area contributed by atoms with Crippen molar-refractivity contribution in [3.63, 3.8) is 0 Å². The Hall–Kier alpha value is -2.43. The van der Waals surface area contributed by atoms with E-state index in [4.69, 9.17) is 0 Å². The van der Waals surface area contributed by atoms with E-state index < -0.39 is 32.1 Å². The van der Waals surface area contributed by atoms with E-state index in [9.17, 15) is 29.0 Å². The zero-order chi connectivity index (χ0) is 21.6. The molecule has 0 aliphatic heterocycles. The highest BCUT2D eigenvalue weighted by atomic mass is 32.5. The number of amides is 1. The largest absolute Gasteiger partial charge is 0.341 e. The van der Waals surface area contributed by atoms with E-state index in [1.807, 2.05) is 0 Å². The monoisotopic (exact) mass is 425 g/mol. The molecule has 2 N–H and O–H groups in total. The number of carbonyl (C=O) groups is 1. The molecule has 0 saturated heterocycles. The summed E-state index contributed by atoms with van der Waals surface area (Å²) in [7, 11) is -9.79. The minimum atomic E-state index is -9.79. The van der Waals surface area contributed by atoms with E-state index >= 15 is 0 Å². The number of H-pyrrole nitrogens is 1. The van der Waals surface area contributed by atoms with Crippen LogP contribution in [-0.4, -0.2) is 15.9 Å². The number of nitrogens with zero attached hydrogens (tertiary/aromatic N) is 1. The maximum absolute atomic E-state index is 12.9. The fourth-order valence-electron chi connectivity index (χ4n) is 2.60. The molecule has 0 aliphatic rings. The molecule has 0 saturated carbocycles. The van der Waals surface area contributed by atoms with Crippen molar-refractivity contribution in [3.8, 4) is 0 Å². The van der Waals surface area contributed by atoms with Crippen LogP contribution in [0.2, 0.25) is 0 Å². The summed E-state index contributed by atoms with van der Waals surface area (Å²) >= 11 is 0. The first-order valence-electron chi connectivity index (χ1n) is 8.17. The Labute approximate surface area is 158 Å². The van der Waals surface area contributed by atoms with Gasteiger partial charge in [-0.15, -0.1) is 0 Å². The Bertz CT molecular complexity index is 972. The molecule has 2 rings (SSSR count). The molecular weight excluding hydrogens is 405 g/mol. The van der Waals surface area contributed by atoms with Gasteiger partial charge >= 0.3 is 10.2 Å². The van der Waals surface area contributed by atoms with Crippen LogP contribution >= 0.6 is 10.2 Å². The van der Waals surface area contributed by atoms with Crippen molar-refractivity contribution in [1.82, 2.24) is 15.3 Å². The highest BCUT2D eigenvalue weighted by Crippen LogP contribution is 3.02. The van der Waals surface area contributed by atoms with Gasteiger partial charge < -0.3 is 10.3 Å². The quantitative estimate of drug-likeness (QED) is 0.660. The fraction of sp³-hybridized carbons (Fsp3) is 0.353. The second-order valence-corrected chi connectivity index (χ2v) is 9.43. The van der Waals surface area contributed by atoms with E-state index in [2.05, 4.69) is 15.3 Å². The van der Waals surface area contributed by atoms with Gasteiger partial charge in [0.2, 0.25) is 0 Å². The molecule has 11 heteroatoms. The average Bonchev–Trinajstić information content (AvgIpc) is 2.51. The maximum Gasteiger partial charge on any atom is 0.310 e. The lowest BCUT2D eigenvalue weighted by Crippen LogP contribution is -2.47. The molecule has 1 atom stereocenters. The molecule has 0 radical (unpaired) electrons. The van der Waals surface area contributed by atoms with Crippen molar-refractivity contribution < 1.29 is 24.2 Å². The lowest BCUT2D eigenvalue weighted by molar-refractivity contribution is 0.0870. The second kappa shape index (κ2) is 6.03. The number of aromatic nitrogens is 2. The Morgan fingerprint density at radius 3 is 2.11 bits per heavy atom. The first-order valence-corrected chi connectivity index (χ1v) is 10.1. The van der Waals surface area contributed by atoms with Crippen molar-refractivity contribution in [3.05, 3.63) is 57.8 Å². The summed E-state index contributed by atoms with van der Waals surface area (Å²) in [6.45, 7) is 6.44. The standard InChI is InChI=1S/C17H20F5N3O2S/c1-10(2)17(4,25-16(27)14-9-15(26)24-11(3)23-14)12-5-7-13(8-6-12)28(18,19,20,21)22/h5-10H,1-4H3,(H,25,27)(H,23,24,26). The van der Waals surface area contributed by atoms with Gasteiger partial charge in [-0.2, -0.15) is 0 Å². The molecular formula is C17H20F5N3O2S. The zero-order valence-electron chi connectivity index (χ0n) is 15.5. The van der Waals surface area contributed by atoms with Crippen LogP contribution in [0.1, 0.15) is 42.6 Å². The van der Waals surface area contributed by atoms with Crippen LogP contribution in [0, 0.1) is 12.8 Å². The highest BCUT2D eigenvalue weighted by Gasteiger charge is 2.65. The number of nitrogens with one attached hydrogen (secondary N) is 2. The minimum absolute atomic E-state index is 0.170. The van der Waals surface area contributed by atoms with Gasteiger partial charge in [-0.3, -0.25) is 9.59 Å². The topological polar surface area (TPSA) is 74.8 Å². The summed E-state index contributed by atoms with van der Waals surface area (Å²) in [6, 6.07) is 3.41. The van der Waals surface area contributed by atoms with Crippen LogP contribution in [0.15, 0.2) is 40.0 Å². The zero-order valence-corrected chi connectivity index (χ0v) is 16.3. The van der Waals surface area contributed by atoms with Crippen LogP contribution < -0.4 is 10.9 Å². The third-order valence-corrected chi connectivity index (χ3v) is 5.68. The minimum Gasteiger partial charge on any atom is -0.341 e. The number of carbonyl (C=O) groups excluding carboxylic acids is 1. The third kappa shape index (κ3) is 4.70. The van der Waals surface area contributed by atoms with Crippen molar-refractivity contribution in [2.45, 2.75) is 38.1 Å². The number of hydrogen-bond donors (Lipinski definition) is 2. The Kier molecular flexibility index (Phi) is 4.71. The molecule has 0 bridgehead atoms. The molecule has 0 spiro atoms. The number of aromatic amines is 1. The molecule has 1 aromatic carbocycles. The van der Waals surface area contributed by atoms with Crippen LogP contribution in [0.25, 0.3) is 0 Å². The van der Waals surface area contributed by atoms with Gasteiger partial charge in [0.05, 0.1) is 5.54 Å². The van der Waals surface area contributed by atoms with Gasteiger partial charge in [0.1, 0.15) is 16.4 Å². The lowest BCUT2D eigenvalue weighted by Gasteiger charge is -2.41. The summed E-state index contributed by atoms with van der Waals surface area (Å²) in [5.41, 5.74) is -1.71. The van der Waals surface area contributed by atoms with Gasteiger partial charge in [0.25, 0.3) is 11.5 Å². The molecule has 28 heavy (non-hydrogen) atoms. The summed E-state index contributed by atoms with van der Waals surface area (Å²) in [5.74, 6) is -0.836. The van der Waals surface area contributed by atoms with E-state index in [1.165, 1.54) is 6.92 Å². The summed E-state index contributed by atoms with van der Waals surface area (Å²) in [5, 5.41) is 2.64. The van der Waals surface area contributed by atoms with E-state index in [1.54, 1.807) is 20.8 Å². The summed E-state index contributed by atoms with van der Waals surface area (Å²) in [4.78, 5) is 28.4. The van der Waals surface area contributed by atoms with Crippen molar-refractivity contribution in [2.75, 3.05) is 0 Å². The smallest absolute Gasteiger partial charge is 0.310 e. The maximum atomic E-state index is 12.9. The molecule has 1 unspecified atom stereocenters. The second-order valence-electron chi connectivity index (χ2n) is 7.02. The SMILES string of the molecule is Cc1nc(C(=O)NC(C)(c2ccc(S(F)(F)(F)(F)F)cc2)C(C)C)cc(=O)[nH]1. The molecule has 156 valence electrons. The number of hydrogen-bond acceptors (Lipinski definition) is 3. The van der Waals surface area contributed by atoms with E-state index in [-0.39, 0.29) is 23.0 Å². The van der Waals surface area contributed by atoms with Crippen molar-refractivity contribution >= 4 is 16.1 Å². The van der Waals surface area contributed by atoms with Crippen molar-refractivity contribution in [1.29, 1.82) is 0 Å². The normalized spacial score (nSPS) is 16.8. The molecule has 2 aromatic rings. The lowest BCUT2D eigenvalue weighted by atomic mass is 9.81. The van der Waals surface area contributed by atoms with Gasteiger partial charge in [-0.1, -0.05) is 45.4 Å². The Morgan fingerprint density at radius 1 is 1.14 bits per heavy atom. The molecule has 1 heterocycles. The molecule has 1 aromatic heterocycles. The predicted octanol–water partition coefficient (Wildman–Crippen LogP) is 5.04. The average molecular weight is 425 g/mol. The van der Waals surface area contributed by atoms with Crippen LogP contribution in [0.3, 0.4) is 0 Å². The fourth-order valence-corrected chi connectivity index (χ4v) is 3.25. The van der Waals surface area contributed by atoms with Gasteiger partial charge in [-0.25, -0.2) is 4.98 Å². The predicted molar refractivity (Wildman–Crippen MR) is 97.1 cm³/mol. The summed E-state index contributed by atoms with van der Waals surface area (Å²) < 4.78 is 64.7.